The Labute approximate surface area is 660 Å². The summed E-state index contributed by atoms with van der Waals surface area (Å²) in [5.74, 6) is -17.5. The molecule has 1 fully saturated rings. The van der Waals surface area contributed by atoms with Gasteiger partial charge in [0, 0.05) is 89.4 Å². The predicted molar refractivity (Wildman–Crippen MR) is 425 cm³/mol. The number of aromatic amines is 3. The highest BCUT2D eigenvalue weighted by Crippen LogP contribution is 2.24. The fraction of sp³-hybridized carbons (Fsp3) is 0.467. The lowest BCUT2D eigenvalue weighted by molar-refractivity contribution is -0.137. The van der Waals surface area contributed by atoms with E-state index >= 15 is 14.4 Å². The van der Waals surface area contributed by atoms with E-state index in [-0.39, 0.29) is 70.2 Å². The Balaban J connectivity index is 1.27. The molecular weight excluding hydrogens is 1500 g/mol. The van der Waals surface area contributed by atoms with Crippen molar-refractivity contribution >= 4 is 139 Å². The number of carbonyl (C=O) groups excluding carboxylic acids is 14. The van der Waals surface area contributed by atoms with Gasteiger partial charge in [-0.15, -0.1) is 11.8 Å². The molecule has 1 aliphatic rings. The summed E-state index contributed by atoms with van der Waals surface area (Å²) in [5.41, 5.74) is 26.3. The topological polar surface area (TPSA) is 627 Å². The van der Waals surface area contributed by atoms with E-state index in [1.165, 1.54) is 0 Å². The summed E-state index contributed by atoms with van der Waals surface area (Å²) in [6, 6.07) is 3.97. The van der Waals surface area contributed by atoms with Crippen LogP contribution in [-0.4, -0.2) is 219 Å². The van der Waals surface area contributed by atoms with Crippen molar-refractivity contribution in [3.63, 3.8) is 0 Å². The molecule has 38 nitrogen and oxygen atoms in total. The molecule has 14 amide bonds. The van der Waals surface area contributed by atoms with Crippen LogP contribution < -0.4 is 97.4 Å². The van der Waals surface area contributed by atoms with E-state index in [4.69, 9.17) is 33.8 Å². The molecule has 0 spiro atoms. The Hall–Kier alpha value is -12.3. The average molecular weight is 1600 g/mol. The number of hydrogen-bond donors (Lipinski definition) is 24. The summed E-state index contributed by atoms with van der Waals surface area (Å²) in [5, 5.41) is 64.3. The van der Waals surface area contributed by atoms with Crippen molar-refractivity contribution in [1.29, 1.82) is 10.8 Å². The molecule has 6 aromatic rings. The first-order chi connectivity index (χ1) is 54.2. The Bertz CT molecular complexity index is 4470. The van der Waals surface area contributed by atoms with Crippen LogP contribution in [0.1, 0.15) is 96.8 Å². The zero-order valence-electron chi connectivity index (χ0n) is 64.2. The van der Waals surface area contributed by atoms with Crippen molar-refractivity contribution in [2.24, 2.45) is 40.7 Å². The number of nitrogens with one attached hydrogen (secondary N) is 19. The van der Waals surface area contributed by atoms with Gasteiger partial charge in [0.25, 0.3) is 0 Å². The Morgan fingerprint density at radius 1 is 0.465 bits per heavy atom. The SMILES string of the molecule is CC[C@H](C)[C@@H]1NC(=O)[C@H](Cc2c[nH]c3ccccc23)NC(=O)CSC[C@@H](C(N)=O)NC(=O)[C@H](C(C)C)NC(=O)[C@H](Cc2c[nH]c3ccccc23)NC(=O)[C@@H](CCCNC(=N)N)NC(=O)[C@H](C(C)C)NC(=O)[C@H](Cc2c[nH]c3ccccc23)NC(=O)[C@H](CC(N)=O)NC(=O)[C@H](CCCNC(=N)N)NC(=O)CNC(=O)[C@H](CO)NC1=O. The van der Waals surface area contributed by atoms with Gasteiger partial charge in [-0.05, 0) is 78.3 Å². The van der Waals surface area contributed by atoms with Gasteiger partial charge in [-0.3, -0.25) is 77.9 Å². The summed E-state index contributed by atoms with van der Waals surface area (Å²) < 4.78 is 0. The summed E-state index contributed by atoms with van der Waals surface area (Å²) >= 11 is 0.850. The zero-order valence-corrected chi connectivity index (χ0v) is 65.0. The van der Waals surface area contributed by atoms with E-state index in [0.29, 0.717) is 49.4 Å². The van der Waals surface area contributed by atoms with Crippen LogP contribution in [0.3, 0.4) is 0 Å². The Morgan fingerprint density at radius 3 is 1.25 bits per heavy atom. The number of rotatable bonds is 22. The highest BCUT2D eigenvalue weighted by Gasteiger charge is 2.39. The van der Waals surface area contributed by atoms with E-state index in [2.05, 4.69) is 89.4 Å². The monoisotopic (exact) mass is 1600 g/mol. The number of primary amides is 2. The number of aliphatic hydroxyl groups excluding tert-OH is 1. The van der Waals surface area contributed by atoms with E-state index in [0.717, 1.165) is 11.8 Å². The molecule has 12 atom stereocenters. The van der Waals surface area contributed by atoms with E-state index in [1.54, 1.807) is 133 Å². The number of hydrogen-bond acceptors (Lipinski definition) is 18. The van der Waals surface area contributed by atoms with E-state index < -0.39 is 204 Å². The van der Waals surface area contributed by atoms with Crippen molar-refractivity contribution in [3.8, 4) is 0 Å². The molecular formula is C75H105N23O15S. The van der Waals surface area contributed by atoms with Gasteiger partial charge >= 0.3 is 0 Å². The smallest absolute Gasteiger partial charge is 0.245 e. The van der Waals surface area contributed by atoms with Crippen LogP contribution in [0, 0.1) is 28.6 Å². The van der Waals surface area contributed by atoms with Crippen molar-refractivity contribution in [3.05, 3.63) is 108 Å². The molecule has 7 rings (SSSR count). The number of para-hydroxylation sites is 3. The molecule has 0 radical (unpaired) electrons. The molecule has 28 N–H and O–H groups in total. The van der Waals surface area contributed by atoms with Gasteiger partial charge in [-0.25, -0.2) is 0 Å². The van der Waals surface area contributed by atoms with Crippen molar-refractivity contribution in [2.45, 2.75) is 166 Å². The van der Waals surface area contributed by atoms with Gasteiger partial charge in [0.1, 0.15) is 66.5 Å². The third-order valence-corrected chi connectivity index (χ3v) is 20.2. The van der Waals surface area contributed by atoms with Gasteiger partial charge in [-0.2, -0.15) is 0 Å². The molecule has 39 heteroatoms. The fourth-order valence-corrected chi connectivity index (χ4v) is 13.6. The lowest BCUT2D eigenvalue weighted by atomic mass is 9.96. The normalized spacial score (nSPS) is 22.9. The van der Waals surface area contributed by atoms with E-state index in [9.17, 15) is 57.8 Å². The first kappa shape index (κ1) is 88.9. The number of aromatic nitrogens is 3. The van der Waals surface area contributed by atoms with Crippen LogP contribution in [0.4, 0.5) is 0 Å². The fourth-order valence-electron chi connectivity index (χ4n) is 12.8. The number of benzene rings is 3. The molecule has 616 valence electrons. The number of thioether (sulfide) groups is 1. The molecule has 0 saturated carbocycles. The summed E-state index contributed by atoms with van der Waals surface area (Å²) in [4.78, 5) is 210. The molecule has 114 heavy (non-hydrogen) atoms. The number of H-pyrrole nitrogens is 3. The second-order valence-corrected chi connectivity index (χ2v) is 29.6. The van der Waals surface area contributed by atoms with Gasteiger partial charge in [0.05, 0.1) is 25.3 Å². The minimum atomic E-state index is -1.88. The van der Waals surface area contributed by atoms with Crippen LogP contribution in [0.25, 0.3) is 32.7 Å². The van der Waals surface area contributed by atoms with Crippen molar-refractivity contribution in [1.82, 2.24) is 89.4 Å². The second-order valence-electron chi connectivity index (χ2n) is 28.6. The Kier molecular flexibility index (Phi) is 33.5. The molecule has 0 aliphatic carbocycles. The molecule has 0 unspecified atom stereocenters. The highest BCUT2D eigenvalue weighted by atomic mass is 32.2. The largest absolute Gasteiger partial charge is 0.394 e. The molecule has 1 aliphatic heterocycles. The summed E-state index contributed by atoms with van der Waals surface area (Å²) in [7, 11) is 0. The standard InChI is InChI=1S/C75H105N23O15S/c1-7-39(6)62-73(113)94-55(34-99)64(104)87-33-58(101)88-49(22-14-24-82-74(78)79)65(105)93-54(29-57(76)100)67(107)92-53(28-42-32-86-48-21-13-10-18-45(42)48)70(110)96-60(37(2)3)71(111)90-50(23-15-25-83-75(80)81)66(106)91-52(27-41-31-85-47-20-12-9-17-44(41)47)69(109)97-61(38(4)5)72(112)95-56(63(77)103)35-114-36-59(102)89-51(68(108)98-62)26-40-30-84-46-19-11-8-16-43(40)46/h8-13,16-21,30-32,37-39,49-56,60-62,84-86,99H,7,14-15,22-29,33-36H2,1-6H3,(H2,76,100)(H2,77,103)(H,87,104)(H,88,101)(H,89,102)(H,90,111)(H,91,106)(H,92,107)(H,93,105)(H,94,113)(H,95,112)(H,96,110)(H,97,109)(H,98,108)(H4,78,79,82)(H4,80,81,83)/t39-,49-,50+,51-,52-,53-,54-,55-,56-,60-,61-,62-/m0/s1. The molecule has 3 aromatic carbocycles. The van der Waals surface area contributed by atoms with Crippen LogP contribution in [0.5, 0.6) is 0 Å². The minimum absolute atomic E-state index is 0.0147. The number of carbonyl (C=O) groups is 14. The average Bonchev–Trinajstić information content (AvgIpc) is 1.67. The molecule has 1 saturated heterocycles. The van der Waals surface area contributed by atoms with E-state index in [1.807, 2.05) is 0 Å². The zero-order chi connectivity index (χ0) is 83.5. The lowest BCUT2D eigenvalue weighted by Crippen LogP contribution is -2.62. The maximum absolute atomic E-state index is 15.1. The molecule has 4 heterocycles. The van der Waals surface area contributed by atoms with Crippen LogP contribution in [0.15, 0.2) is 91.4 Å². The number of nitrogens with two attached hydrogens (primary N) is 4. The lowest BCUT2D eigenvalue weighted by Gasteiger charge is -2.29. The number of amides is 14. The summed E-state index contributed by atoms with van der Waals surface area (Å²) in [6.45, 7) is 7.74. The third-order valence-electron chi connectivity index (χ3n) is 19.2. The first-order valence-corrected chi connectivity index (χ1v) is 38.6. The van der Waals surface area contributed by atoms with Crippen LogP contribution in [0.2, 0.25) is 0 Å². The quantitative estimate of drug-likeness (QED) is 0.0179. The second kappa shape index (κ2) is 42.9. The highest BCUT2D eigenvalue weighted by molar-refractivity contribution is 8.00. The van der Waals surface area contributed by atoms with Gasteiger partial charge in [0.2, 0.25) is 82.7 Å². The van der Waals surface area contributed by atoms with Gasteiger partial charge in [-0.1, -0.05) is 103 Å². The predicted octanol–water partition coefficient (Wildman–Crippen LogP) is -3.41. The van der Waals surface area contributed by atoms with Crippen LogP contribution >= 0.6 is 11.8 Å². The third kappa shape index (κ3) is 26.2. The minimum Gasteiger partial charge on any atom is -0.394 e. The summed E-state index contributed by atoms with van der Waals surface area (Å²) in [6.07, 6.45) is 3.19. The van der Waals surface area contributed by atoms with Gasteiger partial charge in [0.15, 0.2) is 11.9 Å². The van der Waals surface area contributed by atoms with Crippen molar-refractivity contribution < 1.29 is 72.2 Å². The molecule has 0 bridgehead atoms. The molecule has 3 aromatic heterocycles. The van der Waals surface area contributed by atoms with Crippen LogP contribution in [-0.2, 0) is 86.4 Å². The number of guanidine groups is 2. The maximum atomic E-state index is 15.1. The van der Waals surface area contributed by atoms with Crippen molar-refractivity contribution in [2.75, 3.05) is 37.7 Å². The number of aliphatic hydroxyl groups is 1. The first-order valence-electron chi connectivity index (χ1n) is 37.4. The Morgan fingerprint density at radius 2 is 0.833 bits per heavy atom. The van der Waals surface area contributed by atoms with Gasteiger partial charge < -0.3 is 117 Å². The maximum Gasteiger partial charge on any atom is 0.245 e. The number of fused-ring (bicyclic) bond motifs is 3.